The fourth-order valence-electron chi connectivity index (χ4n) is 1.33. The highest BCUT2D eigenvalue weighted by molar-refractivity contribution is 6.43. The minimum Gasteiger partial charge on any atom is -0.453 e. The average molecular weight is 341 g/mol. The van der Waals surface area contributed by atoms with Crippen molar-refractivity contribution < 1.29 is 9.13 Å². The molecule has 2 rings (SSSR count). The van der Waals surface area contributed by atoms with Gasteiger partial charge in [-0.05, 0) is 12.1 Å². The van der Waals surface area contributed by atoms with E-state index in [0.29, 0.717) is 0 Å². The van der Waals surface area contributed by atoms with E-state index in [0.717, 1.165) is 6.07 Å². The van der Waals surface area contributed by atoms with Gasteiger partial charge in [0.15, 0.2) is 5.75 Å². The molecule has 0 heterocycles. The van der Waals surface area contributed by atoms with Crippen molar-refractivity contribution in [1.82, 2.24) is 0 Å². The highest BCUT2D eigenvalue weighted by atomic mass is 35.5. The first-order chi connectivity index (χ1) is 8.88. The summed E-state index contributed by atoms with van der Waals surface area (Å²) in [5.74, 6) is -0.353. The van der Waals surface area contributed by atoms with Crippen molar-refractivity contribution in [3.8, 4) is 11.5 Å². The molecule has 2 N–H and O–H groups in total. The van der Waals surface area contributed by atoms with Crippen molar-refractivity contribution in [2.75, 3.05) is 5.73 Å². The van der Waals surface area contributed by atoms with Crippen LogP contribution in [-0.4, -0.2) is 0 Å². The van der Waals surface area contributed by atoms with E-state index in [9.17, 15) is 4.39 Å². The van der Waals surface area contributed by atoms with Crippen LogP contribution >= 0.6 is 46.4 Å². The fraction of sp³-hybridized carbons (Fsp3) is 0. The highest BCUT2D eigenvalue weighted by Crippen LogP contribution is 2.38. The van der Waals surface area contributed by atoms with Gasteiger partial charge in [0, 0.05) is 12.1 Å². The first kappa shape index (κ1) is 14.5. The van der Waals surface area contributed by atoms with Crippen LogP contribution in [0.25, 0.3) is 0 Å². The molecule has 7 heteroatoms. The number of benzene rings is 2. The lowest BCUT2D eigenvalue weighted by Crippen LogP contribution is -1.94. The number of hydrogen-bond donors (Lipinski definition) is 1. The first-order valence-corrected chi connectivity index (χ1v) is 6.46. The third kappa shape index (κ3) is 3.18. The summed E-state index contributed by atoms with van der Waals surface area (Å²) in [6, 6.07) is 5.15. The summed E-state index contributed by atoms with van der Waals surface area (Å²) in [4.78, 5) is 0. The van der Waals surface area contributed by atoms with Crippen molar-refractivity contribution in [1.29, 1.82) is 0 Å². The largest absolute Gasteiger partial charge is 0.453 e. The van der Waals surface area contributed by atoms with Gasteiger partial charge in [-0.1, -0.05) is 46.4 Å². The van der Waals surface area contributed by atoms with Gasteiger partial charge in [-0.15, -0.1) is 0 Å². The van der Waals surface area contributed by atoms with Crippen LogP contribution in [0, 0.1) is 5.82 Å². The molecule has 0 fully saturated rings. The van der Waals surface area contributed by atoms with E-state index in [2.05, 4.69) is 0 Å². The third-order valence-corrected chi connectivity index (χ3v) is 3.55. The number of halogens is 5. The lowest BCUT2D eigenvalue weighted by atomic mass is 10.3. The Labute approximate surface area is 128 Å². The summed E-state index contributed by atoms with van der Waals surface area (Å²) < 4.78 is 18.8. The quantitative estimate of drug-likeness (QED) is 0.552. The molecule has 0 aliphatic rings. The fourth-order valence-corrected chi connectivity index (χ4v) is 2.08. The molecule has 0 aliphatic carbocycles. The summed E-state index contributed by atoms with van der Waals surface area (Å²) in [5.41, 5.74) is 5.85. The Balaban J connectivity index is 2.42. The molecule has 0 radical (unpaired) electrons. The highest BCUT2D eigenvalue weighted by Gasteiger charge is 2.12. The molecular weight excluding hydrogens is 335 g/mol. The lowest BCUT2D eigenvalue weighted by Gasteiger charge is -2.11. The number of ether oxygens (including phenoxy) is 1. The Bertz CT molecular complexity index is 593. The topological polar surface area (TPSA) is 35.2 Å². The van der Waals surface area contributed by atoms with Crippen LogP contribution < -0.4 is 10.5 Å². The minimum atomic E-state index is -0.651. The summed E-state index contributed by atoms with van der Waals surface area (Å²) in [5, 5.41) is 0.678. The SMILES string of the molecule is Nc1cc(Cl)c(F)cc1Oc1cc(Cl)c(Cl)cc1Cl. The van der Waals surface area contributed by atoms with Gasteiger partial charge in [0.25, 0.3) is 0 Å². The molecule has 100 valence electrons. The number of nitrogens with two attached hydrogens (primary N) is 1. The summed E-state index contributed by atoms with van der Waals surface area (Å²) in [6.45, 7) is 0. The molecule has 0 atom stereocenters. The molecule has 0 aromatic heterocycles. The normalized spacial score (nSPS) is 10.6. The van der Waals surface area contributed by atoms with Gasteiger partial charge in [-0.2, -0.15) is 0 Å². The van der Waals surface area contributed by atoms with Crippen LogP contribution in [0.1, 0.15) is 0 Å². The maximum Gasteiger partial charge on any atom is 0.153 e. The molecular formula is C12H6Cl4FNO. The van der Waals surface area contributed by atoms with Gasteiger partial charge in [-0.25, -0.2) is 4.39 Å². The average Bonchev–Trinajstić information content (AvgIpc) is 2.32. The van der Waals surface area contributed by atoms with Crippen molar-refractivity contribution in [2.24, 2.45) is 0 Å². The van der Waals surface area contributed by atoms with E-state index in [1.165, 1.54) is 18.2 Å². The predicted molar refractivity (Wildman–Crippen MR) is 77.4 cm³/mol. The molecule has 2 aromatic rings. The maximum absolute atomic E-state index is 13.4. The van der Waals surface area contributed by atoms with Gasteiger partial charge < -0.3 is 10.5 Å². The van der Waals surface area contributed by atoms with E-state index >= 15 is 0 Å². The molecule has 0 bridgehead atoms. The zero-order valence-corrected chi connectivity index (χ0v) is 12.2. The molecule has 0 saturated carbocycles. The minimum absolute atomic E-state index is 0.0854. The van der Waals surface area contributed by atoms with E-state index < -0.39 is 5.82 Å². The van der Waals surface area contributed by atoms with Crippen LogP contribution in [0.15, 0.2) is 24.3 Å². The number of rotatable bonds is 2. The zero-order chi connectivity index (χ0) is 14.2. The molecule has 2 aromatic carbocycles. The Hall–Kier alpha value is -0.870. The Morgan fingerprint density at radius 1 is 0.789 bits per heavy atom. The van der Waals surface area contributed by atoms with Crippen molar-refractivity contribution in [2.45, 2.75) is 0 Å². The number of nitrogen functional groups attached to an aromatic ring is 1. The monoisotopic (exact) mass is 339 g/mol. The van der Waals surface area contributed by atoms with Gasteiger partial charge >= 0.3 is 0 Å². The first-order valence-electron chi connectivity index (χ1n) is 4.95. The molecule has 0 amide bonds. The van der Waals surface area contributed by atoms with Crippen LogP contribution in [-0.2, 0) is 0 Å². The third-order valence-electron chi connectivity index (χ3n) is 2.25. The predicted octanol–water partition coefficient (Wildman–Crippen LogP) is 5.81. The Morgan fingerprint density at radius 2 is 1.42 bits per heavy atom. The van der Waals surface area contributed by atoms with Crippen LogP contribution in [0.4, 0.5) is 10.1 Å². The number of hydrogen-bond acceptors (Lipinski definition) is 2. The second-order valence-electron chi connectivity index (χ2n) is 3.60. The van der Waals surface area contributed by atoms with Crippen LogP contribution in [0.5, 0.6) is 11.5 Å². The van der Waals surface area contributed by atoms with Gasteiger partial charge in [0.1, 0.15) is 11.6 Å². The summed E-state index contributed by atoms with van der Waals surface area (Å²) in [7, 11) is 0. The lowest BCUT2D eigenvalue weighted by molar-refractivity contribution is 0.479. The van der Waals surface area contributed by atoms with Gasteiger partial charge in [0.2, 0.25) is 0 Å². The summed E-state index contributed by atoms with van der Waals surface area (Å²) >= 11 is 23.2. The van der Waals surface area contributed by atoms with Crippen molar-refractivity contribution in [3.63, 3.8) is 0 Å². The second-order valence-corrected chi connectivity index (χ2v) is 5.23. The van der Waals surface area contributed by atoms with Crippen LogP contribution in [0.2, 0.25) is 20.1 Å². The maximum atomic E-state index is 13.4. The number of anilines is 1. The summed E-state index contributed by atoms with van der Waals surface area (Å²) in [6.07, 6.45) is 0. The van der Waals surface area contributed by atoms with Crippen molar-refractivity contribution >= 4 is 52.1 Å². The van der Waals surface area contributed by atoms with Gasteiger partial charge in [0.05, 0.1) is 25.8 Å². The Morgan fingerprint density at radius 3 is 2.11 bits per heavy atom. The van der Waals surface area contributed by atoms with Crippen LogP contribution in [0.3, 0.4) is 0 Å². The Kier molecular flexibility index (Phi) is 4.31. The van der Waals surface area contributed by atoms with Crippen molar-refractivity contribution in [3.05, 3.63) is 50.2 Å². The van der Waals surface area contributed by atoms with E-state index in [1.807, 2.05) is 0 Å². The van der Waals surface area contributed by atoms with Gasteiger partial charge in [-0.3, -0.25) is 0 Å². The molecule has 0 saturated heterocycles. The molecule has 0 unspecified atom stereocenters. The molecule has 2 nitrogen and oxygen atoms in total. The van der Waals surface area contributed by atoms with E-state index in [4.69, 9.17) is 56.9 Å². The van der Waals surface area contributed by atoms with E-state index in [1.54, 1.807) is 0 Å². The second kappa shape index (κ2) is 5.63. The van der Waals surface area contributed by atoms with E-state index in [-0.39, 0.29) is 37.3 Å². The molecule has 0 spiro atoms. The zero-order valence-electron chi connectivity index (χ0n) is 9.18. The molecule has 19 heavy (non-hydrogen) atoms. The molecule has 0 aliphatic heterocycles. The smallest absolute Gasteiger partial charge is 0.153 e. The standard InChI is InChI=1S/C12H6Cl4FNO/c13-5-1-8(16)11(3-6(5)14)19-12-4-9(17)7(15)2-10(12)18/h1-4H,18H2.